The van der Waals surface area contributed by atoms with E-state index in [0.29, 0.717) is 4.99 Å². The quantitative estimate of drug-likeness (QED) is 0.638. The van der Waals surface area contributed by atoms with Gasteiger partial charge in [0.2, 0.25) is 0 Å². The predicted molar refractivity (Wildman–Crippen MR) is 56.3 cm³/mol. The van der Waals surface area contributed by atoms with Gasteiger partial charge in [-0.2, -0.15) is 0 Å². The Bertz CT molecular complexity index is 155. The van der Waals surface area contributed by atoms with Gasteiger partial charge in [-0.1, -0.05) is 19.1 Å². The molecule has 1 saturated carbocycles. The highest BCUT2D eigenvalue weighted by atomic mass is 32.1. The second-order valence-electron chi connectivity index (χ2n) is 3.43. The molecule has 1 fully saturated rings. The van der Waals surface area contributed by atoms with Crippen LogP contribution in [0.3, 0.4) is 0 Å². The van der Waals surface area contributed by atoms with Crippen LogP contribution < -0.4 is 5.73 Å². The molecule has 0 aromatic carbocycles. The minimum Gasteiger partial charge on any atom is -0.393 e. The SMILES string of the molecule is CCN(CCCC(N)=S)C1CC1. The summed E-state index contributed by atoms with van der Waals surface area (Å²) in [4.78, 5) is 3.18. The average Bonchev–Trinajstić information content (AvgIpc) is 2.80. The maximum Gasteiger partial charge on any atom is 0.0727 e. The Balaban J connectivity index is 2.06. The van der Waals surface area contributed by atoms with Crippen LogP contribution in [0.4, 0.5) is 0 Å². The lowest BCUT2D eigenvalue weighted by Gasteiger charge is -2.19. The highest BCUT2D eigenvalue weighted by Crippen LogP contribution is 2.26. The Labute approximate surface area is 80.1 Å². The monoisotopic (exact) mass is 186 g/mol. The predicted octanol–water partition coefficient (Wildman–Crippen LogP) is 1.54. The maximum atomic E-state index is 5.42. The summed E-state index contributed by atoms with van der Waals surface area (Å²) in [5, 5.41) is 0. The zero-order valence-corrected chi connectivity index (χ0v) is 8.57. The molecular formula is C9H18N2S. The van der Waals surface area contributed by atoms with Gasteiger partial charge in [-0.05, 0) is 38.8 Å². The third kappa shape index (κ3) is 3.50. The molecule has 1 aliphatic carbocycles. The van der Waals surface area contributed by atoms with Crippen molar-refractivity contribution in [1.82, 2.24) is 4.90 Å². The normalized spacial score (nSPS) is 16.8. The minimum absolute atomic E-state index is 0.654. The van der Waals surface area contributed by atoms with Gasteiger partial charge in [0.25, 0.3) is 0 Å². The molecule has 0 amide bonds. The number of nitrogens with zero attached hydrogens (tertiary/aromatic N) is 1. The van der Waals surface area contributed by atoms with Gasteiger partial charge < -0.3 is 10.6 Å². The van der Waals surface area contributed by atoms with E-state index in [1.54, 1.807) is 0 Å². The van der Waals surface area contributed by atoms with Crippen molar-refractivity contribution in [3.05, 3.63) is 0 Å². The summed E-state index contributed by atoms with van der Waals surface area (Å²) in [6.07, 6.45) is 4.81. The molecular weight excluding hydrogens is 168 g/mol. The van der Waals surface area contributed by atoms with Crippen molar-refractivity contribution in [3.63, 3.8) is 0 Å². The molecule has 0 bridgehead atoms. The molecule has 0 radical (unpaired) electrons. The number of nitrogens with two attached hydrogens (primary N) is 1. The van der Waals surface area contributed by atoms with Crippen molar-refractivity contribution in [2.45, 2.75) is 38.6 Å². The van der Waals surface area contributed by atoms with Crippen molar-refractivity contribution < 1.29 is 0 Å². The molecule has 0 aromatic rings. The van der Waals surface area contributed by atoms with E-state index in [4.69, 9.17) is 18.0 Å². The maximum absolute atomic E-state index is 5.42. The highest BCUT2D eigenvalue weighted by Gasteiger charge is 2.26. The van der Waals surface area contributed by atoms with E-state index >= 15 is 0 Å². The number of hydrogen-bond donors (Lipinski definition) is 1. The fourth-order valence-corrected chi connectivity index (χ4v) is 1.64. The molecule has 1 rings (SSSR count). The van der Waals surface area contributed by atoms with Crippen LogP contribution in [0.15, 0.2) is 0 Å². The lowest BCUT2D eigenvalue weighted by atomic mass is 10.3. The molecule has 3 heteroatoms. The van der Waals surface area contributed by atoms with Gasteiger partial charge in [0.15, 0.2) is 0 Å². The number of hydrogen-bond acceptors (Lipinski definition) is 2. The van der Waals surface area contributed by atoms with Crippen LogP contribution in [0.2, 0.25) is 0 Å². The highest BCUT2D eigenvalue weighted by molar-refractivity contribution is 7.80. The van der Waals surface area contributed by atoms with Crippen LogP contribution in [0, 0.1) is 0 Å². The average molecular weight is 186 g/mol. The summed E-state index contributed by atoms with van der Waals surface area (Å²) in [7, 11) is 0. The minimum atomic E-state index is 0.654. The molecule has 2 nitrogen and oxygen atoms in total. The molecule has 0 heterocycles. The summed E-state index contributed by atoms with van der Waals surface area (Å²) in [6, 6.07) is 0.876. The fourth-order valence-electron chi connectivity index (χ4n) is 1.49. The topological polar surface area (TPSA) is 29.3 Å². The van der Waals surface area contributed by atoms with Gasteiger partial charge >= 0.3 is 0 Å². The fraction of sp³-hybridized carbons (Fsp3) is 0.889. The number of thiocarbonyl (C=S) groups is 1. The van der Waals surface area contributed by atoms with E-state index in [9.17, 15) is 0 Å². The molecule has 0 spiro atoms. The Morgan fingerprint density at radius 2 is 2.25 bits per heavy atom. The third-order valence-corrected chi connectivity index (χ3v) is 2.54. The molecule has 0 saturated heterocycles. The molecule has 12 heavy (non-hydrogen) atoms. The first kappa shape index (κ1) is 9.93. The van der Waals surface area contributed by atoms with Gasteiger partial charge in [-0.25, -0.2) is 0 Å². The molecule has 2 N–H and O–H groups in total. The zero-order chi connectivity index (χ0) is 8.97. The van der Waals surface area contributed by atoms with Gasteiger partial charge in [-0.15, -0.1) is 0 Å². The lowest BCUT2D eigenvalue weighted by Crippen LogP contribution is -2.27. The van der Waals surface area contributed by atoms with Crippen LogP contribution in [0.25, 0.3) is 0 Å². The van der Waals surface area contributed by atoms with Crippen LogP contribution in [0.5, 0.6) is 0 Å². The summed E-state index contributed by atoms with van der Waals surface area (Å²) in [6.45, 7) is 4.56. The number of rotatable bonds is 6. The smallest absolute Gasteiger partial charge is 0.0727 e. The molecule has 0 unspecified atom stereocenters. The van der Waals surface area contributed by atoms with Crippen LogP contribution in [-0.4, -0.2) is 29.0 Å². The van der Waals surface area contributed by atoms with E-state index in [2.05, 4.69) is 11.8 Å². The van der Waals surface area contributed by atoms with Crippen molar-refractivity contribution in [3.8, 4) is 0 Å². The lowest BCUT2D eigenvalue weighted by molar-refractivity contribution is 0.276. The van der Waals surface area contributed by atoms with E-state index in [1.165, 1.54) is 25.9 Å². The van der Waals surface area contributed by atoms with Crippen molar-refractivity contribution in [2.24, 2.45) is 5.73 Å². The summed E-state index contributed by atoms with van der Waals surface area (Å²) in [5.41, 5.74) is 5.42. The summed E-state index contributed by atoms with van der Waals surface area (Å²) < 4.78 is 0. The first-order chi connectivity index (χ1) is 5.74. The van der Waals surface area contributed by atoms with Crippen molar-refractivity contribution >= 4 is 17.2 Å². The zero-order valence-electron chi connectivity index (χ0n) is 7.75. The second-order valence-corrected chi connectivity index (χ2v) is 3.95. The molecule has 70 valence electrons. The Morgan fingerprint density at radius 3 is 2.67 bits per heavy atom. The molecule has 1 aliphatic rings. The Kier molecular flexibility index (Phi) is 3.95. The van der Waals surface area contributed by atoms with Gasteiger partial charge in [0.05, 0.1) is 4.99 Å². The first-order valence-corrected chi connectivity index (χ1v) is 5.17. The first-order valence-electron chi connectivity index (χ1n) is 4.76. The van der Waals surface area contributed by atoms with Crippen LogP contribution >= 0.6 is 12.2 Å². The van der Waals surface area contributed by atoms with Crippen LogP contribution in [-0.2, 0) is 0 Å². The van der Waals surface area contributed by atoms with Gasteiger partial charge in [0, 0.05) is 6.04 Å². The molecule has 0 aromatic heterocycles. The molecule has 0 atom stereocenters. The van der Waals surface area contributed by atoms with E-state index in [1.807, 2.05) is 0 Å². The summed E-state index contributed by atoms with van der Waals surface area (Å²) in [5.74, 6) is 0. The van der Waals surface area contributed by atoms with Crippen molar-refractivity contribution in [2.75, 3.05) is 13.1 Å². The second kappa shape index (κ2) is 4.77. The van der Waals surface area contributed by atoms with Crippen LogP contribution in [0.1, 0.15) is 32.6 Å². The molecule has 0 aliphatic heterocycles. The largest absolute Gasteiger partial charge is 0.393 e. The summed E-state index contributed by atoms with van der Waals surface area (Å²) >= 11 is 4.82. The van der Waals surface area contributed by atoms with Crippen molar-refractivity contribution in [1.29, 1.82) is 0 Å². The Hall–Kier alpha value is -0.150. The van der Waals surface area contributed by atoms with Gasteiger partial charge in [0.1, 0.15) is 0 Å². The Morgan fingerprint density at radius 1 is 1.58 bits per heavy atom. The van der Waals surface area contributed by atoms with E-state index in [0.717, 1.165) is 18.9 Å². The standard InChI is InChI=1S/C9H18N2S/c1-2-11(8-5-6-8)7-3-4-9(10)12/h8H,2-7H2,1H3,(H2,10,12). The van der Waals surface area contributed by atoms with E-state index < -0.39 is 0 Å². The van der Waals surface area contributed by atoms with E-state index in [-0.39, 0.29) is 0 Å². The third-order valence-electron chi connectivity index (χ3n) is 2.34. The van der Waals surface area contributed by atoms with Gasteiger partial charge in [-0.3, -0.25) is 0 Å².